The molecule has 1 saturated heterocycles. The van der Waals surface area contributed by atoms with Gasteiger partial charge in [0.25, 0.3) is 0 Å². The average Bonchev–Trinajstić information content (AvgIpc) is 3.29. The van der Waals surface area contributed by atoms with E-state index < -0.39 is 0 Å². The molecule has 6 heteroatoms. The van der Waals surface area contributed by atoms with Gasteiger partial charge in [-0.05, 0) is 56.3 Å². The van der Waals surface area contributed by atoms with Gasteiger partial charge in [0.2, 0.25) is 5.91 Å². The van der Waals surface area contributed by atoms with Crippen LogP contribution >= 0.6 is 11.8 Å². The highest BCUT2D eigenvalue weighted by molar-refractivity contribution is 7.99. The van der Waals surface area contributed by atoms with E-state index in [1.165, 1.54) is 12.8 Å². The van der Waals surface area contributed by atoms with Crippen molar-refractivity contribution in [1.82, 2.24) is 10.2 Å². The summed E-state index contributed by atoms with van der Waals surface area (Å²) in [5, 5.41) is 3.14. The van der Waals surface area contributed by atoms with Gasteiger partial charge < -0.3 is 14.8 Å². The van der Waals surface area contributed by atoms with Crippen LogP contribution in [0.5, 0.6) is 11.5 Å². The minimum Gasteiger partial charge on any atom is -0.497 e. The van der Waals surface area contributed by atoms with Crippen LogP contribution in [0.25, 0.3) is 0 Å². The van der Waals surface area contributed by atoms with Crippen molar-refractivity contribution in [2.75, 3.05) is 39.6 Å². The lowest BCUT2D eigenvalue weighted by molar-refractivity contribution is -0.120. The van der Waals surface area contributed by atoms with Crippen LogP contribution in [0.4, 0.5) is 0 Å². The summed E-state index contributed by atoms with van der Waals surface area (Å²) >= 11 is 1.68. The second-order valence-electron chi connectivity index (χ2n) is 7.08. The van der Waals surface area contributed by atoms with Gasteiger partial charge in [0.15, 0.2) is 0 Å². The maximum absolute atomic E-state index is 12.4. The lowest BCUT2D eigenvalue weighted by Crippen LogP contribution is -2.37. The topological polar surface area (TPSA) is 50.8 Å². The Kier molecular flexibility index (Phi) is 8.25. The molecule has 0 saturated carbocycles. The Balaban J connectivity index is 1.52. The van der Waals surface area contributed by atoms with Crippen molar-refractivity contribution in [3.05, 3.63) is 54.1 Å². The van der Waals surface area contributed by atoms with Gasteiger partial charge in [-0.2, -0.15) is 0 Å². The lowest BCUT2D eigenvalue weighted by atomic mass is 10.0. The zero-order valence-corrected chi connectivity index (χ0v) is 18.0. The molecule has 1 unspecified atom stereocenters. The van der Waals surface area contributed by atoms with Gasteiger partial charge in [-0.1, -0.05) is 18.2 Å². The van der Waals surface area contributed by atoms with Crippen LogP contribution in [0.3, 0.4) is 0 Å². The van der Waals surface area contributed by atoms with E-state index in [0.29, 0.717) is 13.0 Å². The molecule has 0 radical (unpaired) electrons. The molecule has 29 heavy (non-hydrogen) atoms. The van der Waals surface area contributed by atoms with Crippen LogP contribution < -0.4 is 14.8 Å². The van der Waals surface area contributed by atoms with Crippen molar-refractivity contribution in [3.8, 4) is 11.5 Å². The van der Waals surface area contributed by atoms with Gasteiger partial charge in [0.1, 0.15) is 11.5 Å². The van der Waals surface area contributed by atoms with E-state index >= 15 is 0 Å². The Morgan fingerprint density at radius 3 is 2.48 bits per heavy atom. The van der Waals surface area contributed by atoms with E-state index in [-0.39, 0.29) is 11.9 Å². The van der Waals surface area contributed by atoms with Gasteiger partial charge >= 0.3 is 0 Å². The second kappa shape index (κ2) is 11.1. The van der Waals surface area contributed by atoms with Gasteiger partial charge in [-0.25, -0.2) is 0 Å². The maximum Gasteiger partial charge on any atom is 0.220 e. The molecular weight excluding hydrogens is 384 g/mol. The van der Waals surface area contributed by atoms with E-state index in [4.69, 9.17) is 9.47 Å². The predicted molar refractivity (Wildman–Crippen MR) is 118 cm³/mol. The first-order valence-electron chi connectivity index (χ1n) is 10.1. The van der Waals surface area contributed by atoms with Crippen molar-refractivity contribution in [3.63, 3.8) is 0 Å². The van der Waals surface area contributed by atoms with Crippen LogP contribution in [0.1, 0.15) is 30.9 Å². The minimum absolute atomic E-state index is 0.0881. The highest BCUT2D eigenvalue weighted by Gasteiger charge is 2.26. The average molecular weight is 415 g/mol. The molecule has 0 aromatic heterocycles. The van der Waals surface area contributed by atoms with E-state index in [0.717, 1.165) is 40.8 Å². The standard InChI is InChI=1S/C23H30N2O3S/c1-27-18-9-11-19(12-10-18)29-16-13-23(26)24-17-21(25-14-5-6-15-25)20-7-3-4-8-22(20)28-2/h3-4,7-12,21H,5-6,13-17H2,1-2H3,(H,24,26). The first-order chi connectivity index (χ1) is 14.2. The molecule has 1 fully saturated rings. The zero-order chi connectivity index (χ0) is 20.5. The summed E-state index contributed by atoms with van der Waals surface area (Å²) in [6.45, 7) is 2.73. The number of methoxy groups -OCH3 is 2. The smallest absolute Gasteiger partial charge is 0.220 e. The predicted octanol–water partition coefficient (Wildman–Crippen LogP) is 4.14. The summed E-state index contributed by atoms with van der Waals surface area (Å²) in [5.74, 6) is 2.57. The summed E-state index contributed by atoms with van der Waals surface area (Å²) in [4.78, 5) is 16.0. The number of likely N-dealkylation sites (tertiary alicyclic amines) is 1. The number of hydrogen-bond acceptors (Lipinski definition) is 5. The number of nitrogens with one attached hydrogen (secondary N) is 1. The molecule has 1 aliphatic heterocycles. The molecule has 0 aliphatic carbocycles. The molecule has 0 bridgehead atoms. The molecular formula is C23H30N2O3S. The van der Waals surface area contributed by atoms with E-state index in [1.54, 1.807) is 26.0 Å². The SMILES string of the molecule is COc1ccc(SCCC(=O)NCC(c2ccccc2OC)N2CCCC2)cc1. The monoisotopic (exact) mass is 414 g/mol. The lowest BCUT2D eigenvalue weighted by Gasteiger charge is -2.29. The highest BCUT2D eigenvalue weighted by atomic mass is 32.2. The number of amides is 1. The number of rotatable bonds is 10. The molecule has 0 spiro atoms. The Hall–Kier alpha value is -2.18. The Morgan fingerprint density at radius 2 is 1.79 bits per heavy atom. The molecule has 156 valence electrons. The number of thioether (sulfide) groups is 1. The minimum atomic E-state index is 0.0881. The maximum atomic E-state index is 12.4. The fraction of sp³-hybridized carbons (Fsp3) is 0.435. The van der Waals surface area contributed by atoms with Crippen molar-refractivity contribution in [2.45, 2.75) is 30.2 Å². The third-order valence-corrected chi connectivity index (χ3v) is 6.24. The zero-order valence-electron chi connectivity index (χ0n) is 17.2. The van der Waals surface area contributed by atoms with Crippen molar-refractivity contribution < 1.29 is 14.3 Å². The van der Waals surface area contributed by atoms with E-state index in [1.807, 2.05) is 42.5 Å². The largest absolute Gasteiger partial charge is 0.497 e. The molecule has 2 aromatic carbocycles. The molecule has 1 heterocycles. The third kappa shape index (κ3) is 6.15. The number of para-hydroxylation sites is 1. The van der Waals surface area contributed by atoms with E-state index in [2.05, 4.69) is 16.3 Å². The Morgan fingerprint density at radius 1 is 1.07 bits per heavy atom. The second-order valence-corrected chi connectivity index (χ2v) is 8.25. The summed E-state index contributed by atoms with van der Waals surface area (Å²) in [5.41, 5.74) is 1.14. The van der Waals surface area contributed by atoms with Crippen molar-refractivity contribution in [1.29, 1.82) is 0 Å². The molecule has 1 amide bonds. The molecule has 3 rings (SSSR count). The summed E-state index contributed by atoms with van der Waals surface area (Å²) in [6, 6.07) is 16.2. The van der Waals surface area contributed by atoms with E-state index in [9.17, 15) is 4.79 Å². The number of ether oxygens (including phenoxy) is 2. The van der Waals surface area contributed by atoms with Gasteiger partial charge in [0, 0.05) is 29.2 Å². The molecule has 1 N–H and O–H groups in total. The fourth-order valence-electron chi connectivity index (χ4n) is 3.66. The van der Waals surface area contributed by atoms with Crippen LogP contribution in [0.2, 0.25) is 0 Å². The number of carbonyl (C=O) groups is 1. The number of hydrogen-bond donors (Lipinski definition) is 1. The molecule has 1 aliphatic rings. The summed E-state index contributed by atoms with van der Waals surface area (Å²) < 4.78 is 10.7. The molecule has 5 nitrogen and oxygen atoms in total. The van der Waals surface area contributed by atoms with Crippen molar-refractivity contribution >= 4 is 17.7 Å². The first kappa shape index (κ1) is 21.5. The van der Waals surface area contributed by atoms with Gasteiger partial charge in [-0.15, -0.1) is 11.8 Å². The Bertz CT molecular complexity index is 776. The molecule has 2 aromatic rings. The number of carbonyl (C=O) groups excluding carboxylic acids is 1. The van der Waals surface area contributed by atoms with Crippen LogP contribution in [0.15, 0.2) is 53.4 Å². The highest BCUT2D eigenvalue weighted by Crippen LogP contribution is 2.31. The fourth-order valence-corrected chi connectivity index (χ4v) is 4.51. The Labute approximate surface area is 177 Å². The normalized spacial score (nSPS) is 15.1. The number of nitrogens with zero attached hydrogens (tertiary/aromatic N) is 1. The summed E-state index contributed by atoms with van der Waals surface area (Å²) in [7, 11) is 3.36. The van der Waals surface area contributed by atoms with Crippen LogP contribution in [0, 0.1) is 0 Å². The molecule has 1 atom stereocenters. The number of benzene rings is 2. The quantitative estimate of drug-likeness (QED) is 0.592. The van der Waals surface area contributed by atoms with Gasteiger partial charge in [-0.3, -0.25) is 9.69 Å². The third-order valence-electron chi connectivity index (χ3n) is 5.23. The summed E-state index contributed by atoms with van der Waals surface area (Å²) in [6.07, 6.45) is 2.91. The van der Waals surface area contributed by atoms with Crippen LogP contribution in [-0.2, 0) is 4.79 Å². The first-order valence-corrected chi connectivity index (χ1v) is 11.1. The van der Waals surface area contributed by atoms with Gasteiger partial charge in [0.05, 0.1) is 20.3 Å². The van der Waals surface area contributed by atoms with Crippen LogP contribution in [-0.4, -0.2) is 50.4 Å². The van der Waals surface area contributed by atoms with Crippen molar-refractivity contribution in [2.24, 2.45) is 0 Å².